The van der Waals surface area contributed by atoms with Crippen molar-refractivity contribution in [3.8, 4) is 68.9 Å². The third-order valence-electron chi connectivity index (χ3n) is 20.2. The van der Waals surface area contributed by atoms with Gasteiger partial charge in [-0.05, 0) is 202 Å². The fourth-order valence-corrected chi connectivity index (χ4v) is 26.9. The van der Waals surface area contributed by atoms with Crippen molar-refractivity contribution in [2.45, 2.75) is 131 Å². The van der Waals surface area contributed by atoms with E-state index in [2.05, 4.69) is 138 Å². The maximum atomic E-state index is 14.7. The number of halogens is 2. The van der Waals surface area contributed by atoms with Crippen LogP contribution in [0.4, 0.5) is 14.5 Å². The molecule has 5 atom stereocenters. The van der Waals surface area contributed by atoms with Gasteiger partial charge in [0.1, 0.15) is 39.6 Å². The summed E-state index contributed by atoms with van der Waals surface area (Å²) in [6.45, 7) is 14.0. The van der Waals surface area contributed by atoms with Gasteiger partial charge in [-0.2, -0.15) is 0 Å². The van der Waals surface area contributed by atoms with Crippen molar-refractivity contribution < 1.29 is 57.8 Å². The lowest BCUT2D eigenvalue weighted by atomic mass is 9.78. The molecule has 5 unspecified atom stereocenters. The number of nitrogens with one attached hydrogen (secondary N) is 1. The van der Waals surface area contributed by atoms with Gasteiger partial charge in [0.2, 0.25) is 0 Å². The Balaban J connectivity index is 0.000000130. The quantitative estimate of drug-likeness (QED) is 0.0838. The molecule has 0 saturated carbocycles. The van der Waals surface area contributed by atoms with Crippen LogP contribution in [0.2, 0.25) is 0 Å². The second kappa shape index (κ2) is 30.6. The minimum absolute atomic E-state index is 0.00176. The van der Waals surface area contributed by atoms with E-state index >= 15 is 0 Å². The lowest BCUT2D eigenvalue weighted by Crippen LogP contribution is -2.62. The van der Waals surface area contributed by atoms with E-state index in [-0.39, 0.29) is 68.6 Å². The maximum absolute atomic E-state index is 14.7. The molecule has 16 rings (SSSR count). The number of sulfone groups is 3. The average molecular weight is 1630 g/mol. The zero-order valence-electron chi connectivity index (χ0n) is 61.9. The Morgan fingerprint density at radius 1 is 0.505 bits per heavy atom. The Hall–Kier alpha value is -9.42. The summed E-state index contributed by atoms with van der Waals surface area (Å²) in [5.74, 6) is 17.1. The van der Waals surface area contributed by atoms with Crippen LogP contribution in [-0.2, 0) is 70.6 Å². The van der Waals surface area contributed by atoms with E-state index in [1.165, 1.54) is 36.0 Å². The van der Waals surface area contributed by atoms with Crippen molar-refractivity contribution in [3.05, 3.63) is 198 Å². The van der Waals surface area contributed by atoms with E-state index < -0.39 is 86.0 Å². The second-order valence-corrected chi connectivity index (χ2v) is 40.5. The lowest BCUT2D eigenvalue weighted by molar-refractivity contribution is -0.187. The Kier molecular flexibility index (Phi) is 21.9. The molecule has 4 saturated heterocycles. The number of anilines is 1. The topological polar surface area (TPSA) is 335 Å². The molecule has 4 aromatic carbocycles. The molecule has 0 bridgehead atoms. The number of nitrogens with two attached hydrogens (primary N) is 4. The number of nitrogens with zero attached hydrogens (tertiary/aromatic N) is 5. The number of aromatic nitrogens is 1. The zero-order chi connectivity index (χ0) is 79.2. The summed E-state index contributed by atoms with van der Waals surface area (Å²) in [4.78, 5) is 37.4. The highest BCUT2D eigenvalue weighted by atomic mass is 32.2. The summed E-state index contributed by atoms with van der Waals surface area (Å²) in [5.41, 5.74) is 29.2. The molecular weight excluding hydrogens is 1550 g/mol. The molecule has 12 heterocycles. The van der Waals surface area contributed by atoms with Gasteiger partial charge in [0.05, 0.1) is 69.8 Å². The van der Waals surface area contributed by atoms with E-state index in [1.54, 1.807) is 40.9 Å². The SMILES string of the molecule is CC#Cc1cccc(-c2csc(C3(C)CC4(CCCS(=O)(=O)C4)OC(N)=N3)c2)c1.CC#Cc1cccc(-c2csc(C3(C)CC4(CS(=O)(=O)C4)OC(N)=N3)c2)c1.CC#Cc1cccc(-c2csc(C3(C)CC4(CS(=O)(=O)C4)SC(N)=N3)c2)c1.CC1(c2cc(NC(=O)c3ccc(F)cn3)ccc2F)CC2(COC2)OC(N)=N1. The first-order valence-electron chi connectivity index (χ1n) is 35.4. The number of pyridine rings is 1. The molecule has 578 valence electrons. The van der Waals surface area contributed by atoms with Gasteiger partial charge >= 0.3 is 0 Å². The van der Waals surface area contributed by atoms with E-state index in [9.17, 15) is 38.8 Å². The Labute approximate surface area is 661 Å². The number of amides is 1. The number of hydrogen-bond donors (Lipinski definition) is 5. The van der Waals surface area contributed by atoms with Crippen molar-refractivity contribution in [2.75, 3.05) is 53.0 Å². The van der Waals surface area contributed by atoms with Gasteiger partial charge in [0.15, 0.2) is 40.3 Å². The fraction of sp³-hybridized carbons (Fsp3) is 0.358. The largest absolute Gasteiger partial charge is 0.458 e. The highest BCUT2D eigenvalue weighted by molar-refractivity contribution is 8.17. The highest BCUT2D eigenvalue weighted by Gasteiger charge is 2.59. The molecule has 0 aliphatic carbocycles. The number of thioether (sulfide) groups is 1. The van der Waals surface area contributed by atoms with Crippen molar-refractivity contribution in [3.63, 3.8) is 0 Å². The minimum Gasteiger partial charge on any atom is -0.458 e. The van der Waals surface area contributed by atoms with Gasteiger partial charge in [0, 0.05) is 61.8 Å². The first-order valence-corrected chi connectivity index (χ1v) is 44.3. The van der Waals surface area contributed by atoms with E-state index in [0.717, 1.165) is 77.0 Å². The number of thiophene rings is 3. The number of carbonyl (C=O) groups excluding carboxylic acids is 1. The normalized spacial score (nSPS) is 25.3. The monoisotopic (exact) mass is 1630 g/mol. The van der Waals surface area contributed by atoms with Gasteiger partial charge in [-0.3, -0.25) is 9.79 Å². The minimum atomic E-state index is -3.14. The first-order chi connectivity index (χ1) is 52.5. The third-order valence-corrected chi connectivity index (χ3v) is 31.0. The summed E-state index contributed by atoms with van der Waals surface area (Å²) in [6.07, 6.45) is 4.29. The molecule has 8 aliphatic rings. The molecule has 0 radical (unpaired) electrons. The lowest BCUT2D eigenvalue weighted by Gasteiger charge is -2.48. The van der Waals surface area contributed by atoms with Crippen LogP contribution in [0.15, 0.2) is 164 Å². The van der Waals surface area contributed by atoms with E-state index in [4.69, 9.17) is 46.9 Å². The Bertz CT molecular complexity index is 5500. The van der Waals surface area contributed by atoms with Crippen LogP contribution in [0.5, 0.6) is 0 Å². The van der Waals surface area contributed by atoms with Gasteiger partial charge in [-0.25, -0.2) is 54.0 Å². The van der Waals surface area contributed by atoms with E-state index in [0.29, 0.717) is 62.6 Å². The number of rotatable bonds is 9. The summed E-state index contributed by atoms with van der Waals surface area (Å²) in [7, 11) is -9.11. The van der Waals surface area contributed by atoms with Crippen LogP contribution in [0.3, 0.4) is 0 Å². The number of hydrogen-bond acceptors (Lipinski definition) is 24. The molecule has 21 nitrogen and oxygen atoms in total. The molecule has 111 heavy (non-hydrogen) atoms. The average Bonchev–Trinajstić information content (AvgIpc) is 1.69. The smallest absolute Gasteiger partial charge is 0.283 e. The molecule has 4 fully saturated rings. The number of aliphatic imine (C=N–C) groups is 4. The van der Waals surface area contributed by atoms with Crippen LogP contribution < -0.4 is 28.3 Å². The molecule has 30 heteroatoms. The molecule has 8 aromatic rings. The number of benzene rings is 4. The molecular formula is C81H82F2N10O11S7. The third kappa shape index (κ3) is 17.9. The van der Waals surface area contributed by atoms with Crippen LogP contribution in [-0.4, -0.2) is 129 Å². The summed E-state index contributed by atoms with van der Waals surface area (Å²) in [6, 6.07) is 37.5. The van der Waals surface area contributed by atoms with Crippen molar-refractivity contribution in [2.24, 2.45) is 42.9 Å². The predicted molar refractivity (Wildman–Crippen MR) is 438 cm³/mol. The van der Waals surface area contributed by atoms with Crippen LogP contribution >= 0.6 is 45.8 Å². The maximum Gasteiger partial charge on any atom is 0.283 e. The molecule has 1 amide bonds. The summed E-state index contributed by atoms with van der Waals surface area (Å²) in [5, 5.41) is 9.43. The molecule has 9 N–H and O–H groups in total. The number of amidine groups is 4. The highest BCUT2D eigenvalue weighted by Crippen LogP contribution is 2.54. The predicted octanol–water partition coefficient (Wildman–Crippen LogP) is 12.5. The summed E-state index contributed by atoms with van der Waals surface area (Å²) < 4.78 is 121. The molecule has 4 aromatic heterocycles. The van der Waals surface area contributed by atoms with Crippen LogP contribution in [0.25, 0.3) is 33.4 Å². The van der Waals surface area contributed by atoms with Gasteiger partial charge in [0.25, 0.3) is 24.0 Å². The second-order valence-electron chi connectivity index (χ2n) is 30.0. The van der Waals surface area contributed by atoms with Crippen molar-refractivity contribution >= 4 is 110 Å². The van der Waals surface area contributed by atoms with Gasteiger partial charge in [-0.15, -0.1) is 51.8 Å². The van der Waals surface area contributed by atoms with Crippen LogP contribution in [0.1, 0.15) is 134 Å². The Morgan fingerprint density at radius 2 is 0.955 bits per heavy atom. The number of ether oxygens (including phenoxy) is 4. The van der Waals surface area contributed by atoms with Crippen molar-refractivity contribution in [1.29, 1.82) is 0 Å². The molecule has 4 spiro atoms. The zero-order valence-corrected chi connectivity index (χ0v) is 67.6. The fourth-order valence-electron chi connectivity index (χ4n) is 15.8. The Morgan fingerprint density at radius 3 is 1.41 bits per heavy atom. The van der Waals surface area contributed by atoms with E-state index in [1.807, 2.05) is 71.0 Å². The standard InChI is InChI=1S/C22H24N2O3S2.C20H20N2O3S2.C20H20N2O2S3.C19H18F2N4O3/c1-3-6-16-7-4-8-17(11-16)18-12-19(28-13-18)21(2)14-22(27-20(23)24-21)9-5-10-29(25,26)15-22;1-3-5-14-6-4-7-15(8-14)16-9-17(26-10-16)19(2)11-20(25-18(21)22-19)12-27(23,24)13-20;1-3-5-14-6-4-7-15(8-14)16-9-17(25-10-16)19(2)11-20(26-18(21)22-19)12-27(23,24)13-20;1-18(8-19(9-27-10-19)28-17(22)25-18)13-6-12(3-4-14(13)21)24-16(26)15-5-2-11(20)7-23-15/h4,7-8,11-13H,5,9-10,14-15H2,1-2H3,(H2,23,24);2*4,6-10H,11-13H2,1-2H3,(H2,21,22);2-7H,8-10H2,1H3,(H2,22,25)(H,24,26). The van der Waals surface area contributed by atoms with Crippen LogP contribution in [0, 0.1) is 47.2 Å². The van der Waals surface area contributed by atoms with Gasteiger partial charge in [-0.1, -0.05) is 65.9 Å². The van der Waals surface area contributed by atoms with Crippen molar-refractivity contribution in [1.82, 2.24) is 4.98 Å². The summed E-state index contributed by atoms with van der Waals surface area (Å²) >= 11 is 6.29. The molecule has 8 aliphatic heterocycles. The first kappa shape index (κ1) is 79.7. The van der Waals surface area contributed by atoms with Gasteiger partial charge < -0.3 is 47.2 Å². The number of carbonyl (C=O) groups is 1.